The lowest BCUT2D eigenvalue weighted by Crippen LogP contribution is -2.58. The minimum absolute atomic E-state index is 0.0902. The summed E-state index contributed by atoms with van der Waals surface area (Å²) in [6.45, 7) is 1.60. The zero-order chi connectivity index (χ0) is 20.0. The Morgan fingerprint density at radius 2 is 2.11 bits per heavy atom. The fourth-order valence-corrected chi connectivity index (χ4v) is 2.76. The van der Waals surface area contributed by atoms with Gasteiger partial charge in [-0.1, -0.05) is 5.11 Å². The van der Waals surface area contributed by atoms with E-state index < -0.39 is 28.5 Å². The molecule has 1 aliphatic rings. The van der Waals surface area contributed by atoms with Crippen LogP contribution >= 0.6 is 0 Å². The Morgan fingerprint density at radius 1 is 1.44 bits per heavy atom. The first-order chi connectivity index (χ1) is 12.8. The molecule has 1 aromatic rings. The quantitative estimate of drug-likeness (QED) is 0.0933. The molecule has 0 aromatic heterocycles. The Bertz CT molecular complexity index is 802. The molecule has 0 N–H and O–H groups in total. The molecule has 11 heteroatoms. The van der Waals surface area contributed by atoms with Crippen molar-refractivity contribution in [2.24, 2.45) is 17.0 Å². The largest absolute Gasteiger partial charge is 0.460 e. The van der Waals surface area contributed by atoms with Crippen molar-refractivity contribution in [1.29, 1.82) is 0 Å². The number of amides is 1. The first kappa shape index (κ1) is 19.9. The van der Waals surface area contributed by atoms with Crippen LogP contribution in [0, 0.1) is 22.0 Å². The number of rotatable bonds is 9. The van der Waals surface area contributed by atoms with Crippen molar-refractivity contribution in [3.8, 4) is 0 Å². The van der Waals surface area contributed by atoms with E-state index in [0.29, 0.717) is 5.56 Å². The molecule has 1 fully saturated rings. The SMILES string of the molecule is CC(=O)C(C(=O)OCc1ccc([N+](=O)[O-])cc1)C1CN(CCN=[N+]=[N-])C1=O. The maximum absolute atomic E-state index is 12.3. The minimum atomic E-state index is -1.20. The predicted molar refractivity (Wildman–Crippen MR) is 91.1 cm³/mol. The smallest absolute Gasteiger partial charge is 0.317 e. The van der Waals surface area contributed by atoms with Crippen molar-refractivity contribution in [3.63, 3.8) is 0 Å². The highest BCUT2D eigenvalue weighted by molar-refractivity contribution is 6.03. The molecule has 0 aliphatic carbocycles. The average Bonchev–Trinajstić information content (AvgIpc) is 2.64. The molecule has 1 heterocycles. The van der Waals surface area contributed by atoms with Gasteiger partial charge in [-0.05, 0) is 30.2 Å². The van der Waals surface area contributed by atoms with Crippen LogP contribution in [0.1, 0.15) is 12.5 Å². The predicted octanol–water partition coefficient (Wildman–Crippen LogP) is 1.61. The van der Waals surface area contributed by atoms with E-state index in [0.717, 1.165) is 0 Å². The van der Waals surface area contributed by atoms with E-state index >= 15 is 0 Å². The molecule has 0 spiro atoms. The molecule has 1 saturated heterocycles. The monoisotopic (exact) mass is 375 g/mol. The number of nitro benzene ring substituents is 1. The van der Waals surface area contributed by atoms with E-state index in [2.05, 4.69) is 10.0 Å². The number of ether oxygens (including phenoxy) is 1. The van der Waals surface area contributed by atoms with Gasteiger partial charge >= 0.3 is 5.97 Å². The van der Waals surface area contributed by atoms with Gasteiger partial charge in [0.25, 0.3) is 5.69 Å². The van der Waals surface area contributed by atoms with Crippen LogP contribution in [0.2, 0.25) is 0 Å². The molecule has 142 valence electrons. The number of carbonyl (C=O) groups excluding carboxylic acids is 3. The number of esters is 1. The molecule has 1 aromatic carbocycles. The molecule has 1 aliphatic heterocycles. The van der Waals surface area contributed by atoms with Crippen molar-refractivity contribution >= 4 is 23.3 Å². The zero-order valence-corrected chi connectivity index (χ0v) is 14.5. The van der Waals surface area contributed by atoms with Gasteiger partial charge in [0, 0.05) is 36.7 Å². The van der Waals surface area contributed by atoms with Crippen LogP contribution in [0.25, 0.3) is 10.4 Å². The number of benzene rings is 1. The van der Waals surface area contributed by atoms with Gasteiger partial charge in [0.05, 0.1) is 10.8 Å². The lowest BCUT2D eigenvalue weighted by atomic mass is 9.82. The van der Waals surface area contributed by atoms with Crippen molar-refractivity contribution in [1.82, 2.24) is 4.90 Å². The lowest BCUT2D eigenvalue weighted by molar-refractivity contribution is -0.384. The van der Waals surface area contributed by atoms with Crippen LogP contribution < -0.4 is 0 Å². The number of Topliss-reactive ketones (excluding diaryl/α,β-unsaturated/α-hetero) is 1. The first-order valence-electron chi connectivity index (χ1n) is 8.05. The second-order valence-corrected chi connectivity index (χ2v) is 5.96. The highest BCUT2D eigenvalue weighted by Gasteiger charge is 2.47. The second kappa shape index (κ2) is 8.77. The Labute approximate surface area is 153 Å². The highest BCUT2D eigenvalue weighted by Crippen LogP contribution is 2.27. The normalized spacial score (nSPS) is 16.7. The molecule has 27 heavy (non-hydrogen) atoms. The molecule has 2 unspecified atom stereocenters. The summed E-state index contributed by atoms with van der Waals surface area (Å²) in [5.41, 5.74) is 8.66. The van der Waals surface area contributed by atoms with E-state index in [-0.39, 0.29) is 37.8 Å². The number of azide groups is 1. The van der Waals surface area contributed by atoms with Gasteiger partial charge < -0.3 is 9.64 Å². The first-order valence-corrected chi connectivity index (χ1v) is 8.05. The molecule has 2 atom stereocenters. The minimum Gasteiger partial charge on any atom is -0.460 e. The van der Waals surface area contributed by atoms with Crippen molar-refractivity contribution in [2.75, 3.05) is 19.6 Å². The molecule has 2 rings (SSSR count). The van der Waals surface area contributed by atoms with Crippen molar-refractivity contribution in [2.45, 2.75) is 13.5 Å². The highest BCUT2D eigenvalue weighted by atomic mass is 16.6. The van der Waals surface area contributed by atoms with E-state index in [1.54, 1.807) is 0 Å². The molecule has 0 saturated carbocycles. The number of ketones is 1. The average molecular weight is 375 g/mol. The number of likely N-dealkylation sites (tertiary alicyclic amines) is 1. The number of nitro groups is 1. The third kappa shape index (κ3) is 4.79. The second-order valence-electron chi connectivity index (χ2n) is 5.96. The maximum Gasteiger partial charge on any atom is 0.317 e. The number of β-lactam (4-membered cyclic amide) rings is 1. The third-order valence-electron chi connectivity index (χ3n) is 4.20. The Hall–Kier alpha value is -3.46. The number of non-ortho nitro benzene ring substituents is 1. The van der Waals surface area contributed by atoms with Gasteiger partial charge in [-0.3, -0.25) is 24.5 Å². The van der Waals surface area contributed by atoms with Gasteiger partial charge in [-0.25, -0.2) is 0 Å². The van der Waals surface area contributed by atoms with Gasteiger partial charge in [0.2, 0.25) is 5.91 Å². The molecule has 1 amide bonds. The van der Waals surface area contributed by atoms with Crippen molar-refractivity contribution in [3.05, 3.63) is 50.4 Å². The van der Waals surface area contributed by atoms with Gasteiger partial charge in [0.15, 0.2) is 0 Å². The van der Waals surface area contributed by atoms with Crippen LogP contribution in [0.3, 0.4) is 0 Å². The summed E-state index contributed by atoms with van der Waals surface area (Å²) in [7, 11) is 0. The Morgan fingerprint density at radius 3 is 2.63 bits per heavy atom. The summed E-state index contributed by atoms with van der Waals surface area (Å²) in [5.74, 6) is -3.65. The van der Waals surface area contributed by atoms with E-state index in [1.807, 2.05) is 0 Å². The number of hydrogen-bond donors (Lipinski definition) is 0. The summed E-state index contributed by atoms with van der Waals surface area (Å²) in [6.07, 6.45) is 0. The van der Waals surface area contributed by atoms with Gasteiger partial charge in [0.1, 0.15) is 18.3 Å². The number of carbonyl (C=O) groups is 3. The van der Waals surface area contributed by atoms with Gasteiger partial charge in [-0.15, -0.1) is 0 Å². The summed E-state index contributed by atoms with van der Waals surface area (Å²) in [6, 6.07) is 5.45. The van der Waals surface area contributed by atoms with Crippen LogP contribution in [-0.4, -0.2) is 47.1 Å². The van der Waals surface area contributed by atoms with E-state index in [4.69, 9.17) is 10.3 Å². The van der Waals surface area contributed by atoms with E-state index in [1.165, 1.54) is 36.1 Å². The molecule has 0 radical (unpaired) electrons. The van der Waals surface area contributed by atoms with Crippen LogP contribution in [0.5, 0.6) is 0 Å². The maximum atomic E-state index is 12.3. The summed E-state index contributed by atoms with van der Waals surface area (Å²) >= 11 is 0. The third-order valence-corrected chi connectivity index (χ3v) is 4.20. The van der Waals surface area contributed by atoms with Crippen LogP contribution in [0.4, 0.5) is 5.69 Å². The molecule has 11 nitrogen and oxygen atoms in total. The fourth-order valence-electron chi connectivity index (χ4n) is 2.76. The molecular weight excluding hydrogens is 358 g/mol. The summed E-state index contributed by atoms with van der Waals surface area (Å²) in [5, 5.41) is 14.0. The topological polar surface area (TPSA) is 156 Å². The van der Waals surface area contributed by atoms with Gasteiger partial charge in [-0.2, -0.15) is 0 Å². The lowest BCUT2D eigenvalue weighted by Gasteiger charge is -2.40. The number of nitrogens with zero attached hydrogens (tertiary/aromatic N) is 5. The molecular formula is C16H17N5O6. The standard InChI is InChI=1S/C16H17N5O6/c1-10(22)14(13-8-20(15(13)23)7-6-18-19-17)16(24)27-9-11-2-4-12(5-3-11)21(25)26/h2-5,13-14H,6-9H2,1H3. The summed E-state index contributed by atoms with van der Waals surface area (Å²) < 4.78 is 5.12. The van der Waals surface area contributed by atoms with Crippen LogP contribution in [0.15, 0.2) is 29.4 Å². The van der Waals surface area contributed by atoms with Crippen molar-refractivity contribution < 1.29 is 24.0 Å². The van der Waals surface area contributed by atoms with Crippen LogP contribution in [-0.2, 0) is 25.7 Å². The van der Waals surface area contributed by atoms with E-state index in [9.17, 15) is 24.5 Å². The summed E-state index contributed by atoms with van der Waals surface area (Å²) in [4.78, 5) is 50.4. The molecule has 0 bridgehead atoms. The zero-order valence-electron chi connectivity index (χ0n) is 14.5. The number of hydrogen-bond acceptors (Lipinski definition) is 7. The fraction of sp³-hybridized carbons (Fsp3) is 0.438. The Kier molecular flexibility index (Phi) is 6.45. The Balaban J connectivity index is 1.93.